The molecule has 0 radical (unpaired) electrons. The number of benzene rings is 1. The van der Waals surface area contributed by atoms with Gasteiger partial charge in [-0.05, 0) is 36.5 Å². The maximum Gasteiger partial charge on any atom is 0.226 e. The van der Waals surface area contributed by atoms with E-state index < -0.39 is 6.04 Å². The number of rotatable bonds is 5. The van der Waals surface area contributed by atoms with Crippen LogP contribution in [-0.2, 0) is 9.59 Å². The highest BCUT2D eigenvalue weighted by Gasteiger charge is 2.37. The second kappa shape index (κ2) is 6.59. The molecule has 3 rings (SSSR count). The molecule has 1 saturated heterocycles. The Morgan fingerprint density at radius 3 is 2.91 bits per heavy atom. The SMILES string of the molecule is N#CC(NC(=O)C1CC(=O)N(CC2CC2)C1)c1cccc(Cl)c1. The van der Waals surface area contributed by atoms with Crippen LogP contribution in [0.3, 0.4) is 0 Å². The molecule has 2 unspecified atom stereocenters. The quantitative estimate of drug-likeness (QED) is 0.899. The second-order valence-electron chi connectivity index (χ2n) is 6.27. The van der Waals surface area contributed by atoms with Gasteiger partial charge in [-0.2, -0.15) is 5.26 Å². The van der Waals surface area contributed by atoms with Crippen LogP contribution in [0.25, 0.3) is 0 Å². The second-order valence-corrected chi connectivity index (χ2v) is 6.71. The summed E-state index contributed by atoms with van der Waals surface area (Å²) in [5, 5.41) is 12.5. The number of carbonyl (C=O) groups excluding carboxylic acids is 2. The van der Waals surface area contributed by atoms with Crippen molar-refractivity contribution in [2.24, 2.45) is 11.8 Å². The van der Waals surface area contributed by atoms with Gasteiger partial charge in [-0.3, -0.25) is 9.59 Å². The molecule has 120 valence electrons. The first-order valence-electron chi connectivity index (χ1n) is 7.80. The van der Waals surface area contributed by atoms with Crippen LogP contribution >= 0.6 is 11.6 Å². The lowest BCUT2D eigenvalue weighted by molar-refractivity contribution is -0.129. The summed E-state index contributed by atoms with van der Waals surface area (Å²) in [7, 11) is 0. The zero-order valence-corrected chi connectivity index (χ0v) is 13.4. The highest BCUT2D eigenvalue weighted by Crippen LogP contribution is 2.32. The lowest BCUT2D eigenvalue weighted by Gasteiger charge is -2.17. The van der Waals surface area contributed by atoms with E-state index in [0.717, 1.165) is 6.54 Å². The van der Waals surface area contributed by atoms with Crippen LogP contribution in [-0.4, -0.2) is 29.8 Å². The van der Waals surface area contributed by atoms with Crippen LogP contribution in [0.5, 0.6) is 0 Å². The summed E-state index contributed by atoms with van der Waals surface area (Å²) >= 11 is 5.93. The monoisotopic (exact) mass is 331 g/mol. The molecule has 6 heteroatoms. The van der Waals surface area contributed by atoms with Gasteiger partial charge in [0, 0.05) is 24.5 Å². The molecule has 2 atom stereocenters. The van der Waals surface area contributed by atoms with Gasteiger partial charge in [-0.15, -0.1) is 0 Å². The van der Waals surface area contributed by atoms with Crippen molar-refractivity contribution >= 4 is 23.4 Å². The smallest absolute Gasteiger partial charge is 0.226 e. The average molecular weight is 332 g/mol. The Labute approximate surface area is 140 Å². The van der Waals surface area contributed by atoms with Crippen LogP contribution in [0.2, 0.25) is 5.02 Å². The number of hydrogen-bond acceptors (Lipinski definition) is 3. The Hall–Kier alpha value is -2.06. The lowest BCUT2D eigenvalue weighted by Crippen LogP contribution is -2.35. The molecule has 2 fully saturated rings. The van der Waals surface area contributed by atoms with Gasteiger partial charge in [0.15, 0.2) is 0 Å². The first-order chi connectivity index (χ1) is 11.1. The predicted molar refractivity (Wildman–Crippen MR) is 85.4 cm³/mol. The molecule has 1 aromatic carbocycles. The van der Waals surface area contributed by atoms with Crippen molar-refractivity contribution in [1.29, 1.82) is 5.26 Å². The first kappa shape index (κ1) is 15.8. The Morgan fingerprint density at radius 2 is 2.26 bits per heavy atom. The molecular formula is C17H18ClN3O2. The Balaban J connectivity index is 1.61. The number of nitriles is 1. The number of nitrogens with one attached hydrogen (secondary N) is 1. The minimum atomic E-state index is -0.756. The number of carbonyl (C=O) groups is 2. The van der Waals surface area contributed by atoms with Crippen molar-refractivity contribution < 1.29 is 9.59 Å². The number of hydrogen-bond donors (Lipinski definition) is 1. The molecule has 1 aromatic rings. The number of likely N-dealkylation sites (tertiary alicyclic amines) is 1. The topological polar surface area (TPSA) is 73.2 Å². The maximum absolute atomic E-state index is 12.4. The van der Waals surface area contributed by atoms with Crippen LogP contribution in [0.4, 0.5) is 0 Å². The number of nitrogens with zero attached hydrogens (tertiary/aromatic N) is 2. The van der Waals surface area contributed by atoms with Gasteiger partial charge in [-0.1, -0.05) is 23.7 Å². The molecule has 2 aliphatic rings. The van der Waals surface area contributed by atoms with Crippen molar-refractivity contribution in [2.45, 2.75) is 25.3 Å². The Bertz CT molecular complexity index is 666. The van der Waals surface area contributed by atoms with Crippen molar-refractivity contribution in [2.75, 3.05) is 13.1 Å². The molecule has 2 amide bonds. The summed E-state index contributed by atoms with van der Waals surface area (Å²) in [6.07, 6.45) is 2.57. The maximum atomic E-state index is 12.4. The van der Waals surface area contributed by atoms with E-state index in [9.17, 15) is 14.9 Å². The minimum Gasteiger partial charge on any atom is -0.342 e. The average Bonchev–Trinajstić information content (AvgIpc) is 3.27. The molecular weight excluding hydrogens is 314 g/mol. The van der Waals surface area contributed by atoms with E-state index in [4.69, 9.17) is 11.6 Å². The van der Waals surface area contributed by atoms with Gasteiger partial charge in [-0.25, -0.2) is 0 Å². The number of halogens is 1. The third kappa shape index (κ3) is 3.83. The molecule has 0 bridgehead atoms. The predicted octanol–water partition coefficient (Wildman–Crippen LogP) is 2.28. The third-order valence-electron chi connectivity index (χ3n) is 4.36. The van der Waals surface area contributed by atoms with Crippen LogP contribution in [0, 0.1) is 23.2 Å². The fraction of sp³-hybridized carbons (Fsp3) is 0.471. The van der Waals surface area contributed by atoms with Gasteiger partial charge in [0.2, 0.25) is 11.8 Å². The van der Waals surface area contributed by atoms with Gasteiger partial charge in [0.25, 0.3) is 0 Å². The lowest BCUT2D eigenvalue weighted by atomic mass is 10.0. The van der Waals surface area contributed by atoms with Crippen LogP contribution in [0.1, 0.15) is 30.9 Å². The van der Waals surface area contributed by atoms with Crippen molar-refractivity contribution in [3.63, 3.8) is 0 Å². The summed E-state index contributed by atoms with van der Waals surface area (Å²) in [4.78, 5) is 26.2. The van der Waals surface area contributed by atoms with E-state index in [1.54, 1.807) is 29.2 Å². The summed E-state index contributed by atoms with van der Waals surface area (Å²) in [5.41, 5.74) is 0.646. The van der Waals surface area contributed by atoms with Crippen LogP contribution in [0.15, 0.2) is 24.3 Å². The molecule has 1 saturated carbocycles. The van der Waals surface area contributed by atoms with E-state index in [-0.39, 0.29) is 24.2 Å². The standard InChI is InChI=1S/C17H18ClN3O2/c18-14-3-1-2-12(6-14)15(8-19)20-17(23)13-7-16(22)21(10-13)9-11-4-5-11/h1-3,6,11,13,15H,4-5,7,9-10H2,(H,20,23). The van der Waals surface area contributed by atoms with Gasteiger partial charge in [0.1, 0.15) is 6.04 Å². The zero-order valence-electron chi connectivity index (χ0n) is 12.7. The molecule has 0 aromatic heterocycles. The van der Waals surface area contributed by atoms with Crippen LogP contribution < -0.4 is 5.32 Å². The van der Waals surface area contributed by atoms with Crippen molar-refractivity contribution in [3.8, 4) is 6.07 Å². The normalized spacial score (nSPS) is 21.8. The molecule has 1 aliphatic heterocycles. The Morgan fingerprint density at radius 1 is 1.48 bits per heavy atom. The number of amides is 2. The highest BCUT2D eigenvalue weighted by molar-refractivity contribution is 6.30. The first-order valence-corrected chi connectivity index (χ1v) is 8.18. The molecule has 1 aliphatic carbocycles. The Kier molecular flexibility index (Phi) is 4.53. The van der Waals surface area contributed by atoms with E-state index in [1.807, 2.05) is 0 Å². The molecule has 1 N–H and O–H groups in total. The fourth-order valence-electron chi connectivity index (χ4n) is 2.87. The summed E-state index contributed by atoms with van der Waals surface area (Å²) in [5.74, 6) is 0.0202. The fourth-order valence-corrected chi connectivity index (χ4v) is 3.07. The van der Waals surface area contributed by atoms with E-state index in [1.165, 1.54) is 12.8 Å². The largest absolute Gasteiger partial charge is 0.342 e. The summed E-state index contributed by atoms with van der Waals surface area (Å²) in [6, 6.07) is 8.19. The molecule has 1 heterocycles. The molecule has 0 spiro atoms. The highest BCUT2D eigenvalue weighted by atomic mass is 35.5. The third-order valence-corrected chi connectivity index (χ3v) is 4.59. The van der Waals surface area contributed by atoms with Gasteiger partial charge in [0.05, 0.1) is 12.0 Å². The van der Waals surface area contributed by atoms with E-state index >= 15 is 0 Å². The summed E-state index contributed by atoms with van der Waals surface area (Å²) in [6.45, 7) is 1.22. The van der Waals surface area contributed by atoms with E-state index in [0.29, 0.717) is 23.0 Å². The van der Waals surface area contributed by atoms with Gasteiger partial charge >= 0.3 is 0 Å². The van der Waals surface area contributed by atoms with Crippen molar-refractivity contribution in [1.82, 2.24) is 10.2 Å². The molecule has 23 heavy (non-hydrogen) atoms. The summed E-state index contributed by atoms with van der Waals surface area (Å²) < 4.78 is 0. The molecule has 5 nitrogen and oxygen atoms in total. The zero-order chi connectivity index (χ0) is 16.4. The minimum absolute atomic E-state index is 0.0355. The van der Waals surface area contributed by atoms with E-state index in [2.05, 4.69) is 11.4 Å². The van der Waals surface area contributed by atoms with Crippen molar-refractivity contribution in [3.05, 3.63) is 34.9 Å². The van der Waals surface area contributed by atoms with Gasteiger partial charge < -0.3 is 10.2 Å².